The zero-order valence-corrected chi connectivity index (χ0v) is 19.0. The number of piperazine rings is 1. The van der Waals surface area contributed by atoms with Crippen LogP contribution >= 0.6 is 0 Å². The molecule has 0 unspecified atom stereocenters. The number of hydrogen-bond acceptors (Lipinski definition) is 4. The van der Waals surface area contributed by atoms with Crippen LogP contribution in [0.2, 0.25) is 0 Å². The average Bonchev–Trinajstić information content (AvgIpc) is 2.69. The monoisotopic (exact) mass is 421 g/mol. The van der Waals surface area contributed by atoms with E-state index in [1.54, 1.807) is 10.4 Å². The Kier molecular flexibility index (Phi) is 7.02. The predicted octanol–water partition coefficient (Wildman–Crippen LogP) is 2.69. The van der Waals surface area contributed by atoms with Gasteiger partial charge in [-0.3, -0.25) is 9.69 Å². The summed E-state index contributed by atoms with van der Waals surface area (Å²) in [6.45, 7) is 9.90. The first kappa shape index (κ1) is 22.2. The van der Waals surface area contributed by atoms with Crippen molar-refractivity contribution < 1.29 is 13.2 Å². The topological polar surface area (TPSA) is 69.7 Å². The minimum absolute atomic E-state index is 0.0643. The number of carbonyl (C=O) groups is 1. The maximum Gasteiger partial charge on any atom is 0.243 e. The van der Waals surface area contributed by atoms with Crippen molar-refractivity contribution in [3.05, 3.63) is 29.3 Å². The number of rotatable bonds is 5. The Bertz CT molecular complexity index is 832. The fraction of sp³-hybridized carbons (Fsp3) is 0.682. The Labute approximate surface area is 175 Å². The van der Waals surface area contributed by atoms with E-state index in [2.05, 4.69) is 17.1 Å². The largest absolute Gasteiger partial charge is 0.352 e. The highest BCUT2D eigenvalue weighted by molar-refractivity contribution is 7.89. The van der Waals surface area contributed by atoms with E-state index in [1.807, 2.05) is 32.9 Å². The fourth-order valence-corrected chi connectivity index (χ4v) is 6.19. The maximum atomic E-state index is 13.1. The van der Waals surface area contributed by atoms with E-state index in [0.29, 0.717) is 37.0 Å². The summed E-state index contributed by atoms with van der Waals surface area (Å²) < 4.78 is 27.7. The van der Waals surface area contributed by atoms with Gasteiger partial charge in [-0.2, -0.15) is 4.31 Å². The first-order chi connectivity index (χ1) is 13.7. The zero-order valence-electron chi connectivity index (χ0n) is 18.1. The van der Waals surface area contributed by atoms with E-state index in [1.165, 1.54) is 19.3 Å². The molecule has 1 aliphatic heterocycles. The molecule has 1 amide bonds. The molecular formula is C22H35N3O3S. The molecular weight excluding hydrogens is 386 g/mol. The van der Waals surface area contributed by atoms with E-state index < -0.39 is 10.0 Å². The van der Waals surface area contributed by atoms with Gasteiger partial charge in [0.15, 0.2) is 0 Å². The molecule has 1 saturated carbocycles. The SMILES string of the molecule is Cc1ccc(S(=O)(=O)N2CCN([C@H](C)C(=O)N[C@H]3CCCC[C@@H]3C)CC2)c(C)c1. The Hall–Kier alpha value is -1.44. The third kappa shape index (κ3) is 5.01. The number of hydrogen-bond donors (Lipinski definition) is 1. The molecule has 2 aliphatic rings. The number of sulfonamides is 1. The Morgan fingerprint density at radius 3 is 2.38 bits per heavy atom. The van der Waals surface area contributed by atoms with Gasteiger partial charge in [0.1, 0.15) is 0 Å². The van der Waals surface area contributed by atoms with Crippen LogP contribution in [0.5, 0.6) is 0 Å². The number of amides is 1. The van der Waals surface area contributed by atoms with E-state index >= 15 is 0 Å². The Balaban J connectivity index is 1.58. The molecule has 29 heavy (non-hydrogen) atoms. The van der Waals surface area contributed by atoms with Crippen LogP contribution < -0.4 is 5.32 Å². The molecule has 2 fully saturated rings. The highest BCUT2D eigenvalue weighted by Gasteiger charge is 2.33. The highest BCUT2D eigenvalue weighted by Crippen LogP contribution is 2.25. The van der Waals surface area contributed by atoms with Crippen LogP contribution in [0.15, 0.2) is 23.1 Å². The van der Waals surface area contributed by atoms with Gasteiger partial charge in [-0.25, -0.2) is 8.42 Å². The molecule has 0 spiro atoms. The third-order valence-electron chi connectivity index (χ3n) is 6.59. The first-order valence-electron chi connectivity index (χ1n) is 10.8. The third-order valence-corrected chi connectivity index (χ3v) is 8.65. The normalized spacial score (nSPS) is 25.5. The van der Waals surface area contributed by atoms with Gasteiger partial charge in [0.2, 0.25) is 15.9 Å². The lowest BCUT2D eigenvalue weighted by Crippen LogP contribution is -2.56. The summed E-state index contributed by atoms with van der Waals surface area (Å²) in [7, 11) is -3.50. The van der Waals surface area contributed by atoms with Crippen molar-refractivity contribution in [2.45, 2.75) is 70.4 Å². The average molecular weight is 422 g/mol. The summed E-state index contributed by atoms with van der Waals surface area (Å²) in [5.74, 6) is 0.592. The molecule has 7 heteroatoms. The van der Waals surface area contributed by atoms with Gasteiger partial charge in [-0.15, -0.1) is 0 Å². The number of carbonyl (C=O) groups excluding carboxylic acids is 1. The van der Waals surface area contributed by atoms with Crippen LogP contribution in [-0.2, 0) is 14.8 Å². The van der Waals surface area contributed by atoms with Gasteiger partial charge in [0.25, 0.3) is 0 Å². The fourth-order valence-electron chi connectivity index (χ4n) is 4.56. The van der Waals surface area contributed by atoms with Crippen LogP contribution in [0.3, 0.4) is 0 Å². The molecule has 1 aromatic carbocycles. The minimum Gasteiger partial charge on any atom is -0.352 e. The Morgan fingerprint density at radius 1 is 1.10 bits per heavy atom. The Morgan fingerprint density at radius 2 is 1.76 bits per heavy atom. The van der Waals surface area contributed by atoms with Gasteiger partial charge in [-0.05, 0) is 51.2 Å². The summed E-state index contributed by atoms with van der Waals surface area (Å²) >= 11 is 0. The van der Waals surface area contributed by atoms with Gasteiger partial charge >= 0.3 is 0 Å². The van der Waals surface area contributed by atoms with E-state index in [-0.39, 0.29) is 18.0 Å². The molecule has 1 aromatic rings. The van der Waals surface area contributed by atoms with Gasteiger partial charge in [-0.1, -0.05) is 37.5 Å². The number of nitrogens with zero attached hydrogens (tertiary/aromatic N) is 2. The second-order valence-electron chi connectivity index (χ2n) is 8.76. The molecule has 1 N–H and O–H groups in total. The van der Waals surface area contributed by atoms with Crippen LogP contribution in [-0.4, -0.2) is 61.8 Å². The molecule has 6 nitrogen and oxygen atoms in total. The molecule has 3 atom stereocenters. The van der Waals surface area contributed by atoms with Gasteiger partial charge in [0.05, 0.1) is 10.9 Å². The lowest BCUT2D eigenvalue weighted by atomic mass is 9.86. The first-order valence-corrected chi connectivity index (χ1v) is 12.3. The second kappa shape index (κ2) is 9.14. The number of aryl methyl sites for hydroxylation is 2. The molecule has 0 bridgehead atoms. The summed E-state index contributed by atoms with van der Waals surface area (Å²) in [6.07, 6.45) is 4.66. The quantitative estimate of drug-likeness (QED) is 0.794. The van der Waals surface area contributed by atoms with Gasteiger partial charge in [0, 0.05) is 32.2 Å². The molecule has 3 rings (SSSR count). The molecule has 1 heterocycles. The standard InChI is InChI=1S/C22H35N3O3S/c1-16-9-10-21(18(3)15-16)29(27,28)25-13-11-24(12-14-25)19(4)22(26)23-20-8-6-5-7-17(20)2/h9-10,15,17,19-20H,5-8,11-14H2,1-4H3,(H,23,26)/t17-,19+,20-/m0/s1. The van der Waals surface area contributed by atoms with E-state index in [4.69, 9.17) is 0 Å². The summed E-state index contributed by atoms with van der Waals surface area (Å²) in [6, 6.07) is 5.48. The lowest BCUT2D eigenvalue weighted by Gasteiger charge is -2.38. The van der Waals surface area contributed by atoms with E-state index in [0.717, 1.165) is 17.5 Å². The van der Waals surface area contributed by atoms with Crippen molar-refractivity contribution in [3.63, 3.8) is 0 Å². The maximum absolute atomic E-state index is 13.1. The summed E-state index contributed by atoms with van der Waals surface area (Å²) in [5.41, 5.74) is 1.83. The summed E-state index contributed by atoms with van der Waals surface area (Å²) in [5, 5.41) is 3.23. The second-order valence-corrected chi connectivity index (χ2v) is 10.7. The van der Waals surface area contributed by atoms with Crippen molar-refractivity contribution in [1.29, 1.82) is 0 Å². The highest BCUT2D eigenvalue weighted by atomic mass is 32.2. The summed E-state index contributed by atoms with van der Waals surface area (Å²) in [4.78, 5) is 15.2. The smallest absolute Gasteiger partial charge is 0.243 e. The molecule has 0 aromatic heterocycles. The molecule has 1 saturated heterocycles. The van der Waals surface area contributed by atoms with Crippen LogP contribution in [0, 0.1) is 19.8 Å². The van der Waals surface area contributed by atoms with E-state index in [9.17, 15) is 13.2 Å². The predicted molar refractivity (Wildman–Crippen MR) is 115 cm³/mol. The van der Waals surface area contributed by atoms with Crippen LogP contribution in [0.25, 0.3) is 0 Å². The van der Waals surface area contributed by atoms with Crippen molar-refractivity contribution in [3.8, 4) is 0 Å². The minimum atomic E-state index is -3.50. The zero-order chi connectivity index (χ0) is 21.2. The number of nitrogens with one attached hydrogen (secondary N) is 1. The molecule has 162 valence electrons. The van der Waals surface area contributed by atoms with Crippen LogP contribution in [0.4, 0.5) is 0 Å². The van der Waals surface area contributed by atoms with Crippen molar-refractivity contribution in [2.24, 2.45) is 5.92 Å². The molecule has 0 radical (unpaired) electrons. The van der Waals surface area contributed by atoms with Crippen molar-refractivity contribution in [2.75, 3.05) is 26.2 Å². The van der Waals surface area contributed by atoms with Crippen molar-refractivity contribution in [1.82, 2.24) is 14.5 Å². The van der Waals surface area contributed by atoms with Crippen LogP contribution in [0.1, 0.15) is 50.7 Å². The van der Waals surface area contributed by atoms with Crippen molar-refractivity contribution >= 4 is 15.9 Å². The number of benzene rings is 1. The lowest BCUT2D eigenvalue weighted by molar-refractivity contribution is -0.127. The molecule has 1 aliphatic carbocycles. The van der Waals surface area contributed by atoms with Gasteiger partial charge < -0.3 is 5.32 Å².